The molecule has 0 fully saturated rings. The molecule has 2 atom stereocenters. The van der Waals surface area contributed by atoms with Gasteiger partial charge in [0.15, 0.2) is 9.84 Å². The Balaban J connectivity index is 3.17. The molecular weight excluding hydrogens is 386 g/mol. The first-order valence-electron chi connectivity index (χ1n) is 4.17. The fourth-order valence-corrected chi connectivity index (χ4v) is 2.30. The molecule has 0 bridgehead atoms. The molecule has 3 nitrogen and oxygen atoms in total. The van der Waals surface area contributed by atoms with Gasteiger partial charge in [-0.3, -0.25) is 0 Å². The number of alkyl halides is 2. The minimum absolute atomic E-state index is 0.363. The summed E-state index contributed by atoms with van der Waals surface area (Å²) in [6, 6.07) is 6.29. The van der Waals surface area contributed by atoms with Gasteiger partial charge in [0.1, 0.15) is 6.10 Å². The average Bonchev–Trinajstić information content (AvgIpc) is 2.14. The van der Waals surface area contributed by atoms with Crippen LogP contribution in [0.1, 0.15) is 11.7 Å². The zero-order valence-electron chi connectivity index (χ0n) is 8.19. The highest BCUT2D eigenvalue weighted by Gasteiger charge is 2.44. The second-order valence-corrected chi connectivity index (χ2v) is 9.81. The Kier molecular flexibility index (Phi) is 4.51. The maximum Gasteiger partial charge on any atom is 0.224 e. The summed E-state index contributed by atoms with van der Waals surface area (Å²) in [6.07, 6.45) is -0.372. The van der Waals surface area contributed by atoms with E-state index in [-0.39, 0.29) is 0 Å². The molecular formula is C9H9Cl2IO3S. The number of benzene rings is 1. The minimum Gasteiger partial charge on any atom is -0.385 e. The van der Waals surface area contributed by atoms with Gasteiger partial charge in [0.05, 0.1) is 0 Å². The van der Waals surface area contributed by atoms with Gasteiger partial charge < -0.3 is 5.11 Å². The lowest BCUT2D eigenvalue weighted by molar-refractivity contribution is 0.188. The molecule has 1 aromatic carbocycles. The van der Waals surface area contributed by atoms with Crippen LogP contribution < -0.4 is 0 Å². The van der Waals surface area contributed by atoms with E-state index < -0.39 is 18.2 Å². The number of halogens is 3. The molecule has 0 amide bonds. The molecule has 0 aliphatic carbocycles. The first-order chi connectivity index (χ1) is 7.16. The van der Waals surface area contributed by atoms with E-state index in [4.69, 9.17) is 23.2 Å². The lowest BCUT2D eigenvalue weighted by Crippen LogP contribution is -2.31. The smallest absolute Gasteiger partial charge is 0.224 e. The van der Waals surface area contributed by atoms with Crippen LogP contribution in [0.15, 0.2) is 24.3 Å². The van der Waals surface area contributed by atoms with Crippen LogP contribution in [0.25, 0.3) is 0 Å². The van der Waals surface area contributed by atoms with Gasteiger partial charge in [-0.15, -0.1) is 0 Å². The molecule has 0 heterocycles. The number of sulfone groups is 1. The van der Waals surface area contributed by atoms with Crippen LogP contribution in [-0.2, 0) is 9.84 Å². The van der Waals surface area contributed by atoms with Crippen LogP contribution in [0.5, 0.6) is 0 Å². The lowest BCUT2D eigenvalue weighted by atomic mass is 10.1. The maximum atomic E-state index is 11.4. The van der Waals surface area contributed by atoms with E-state index in [1.807, 2.05) is 0 Å². The zero-order chi connectivity index (χ0) is 12.6. The molecule has 0 saturated carbocycles. The topological polar surface area (TPSA) is 54.4 Å². The molecule has 0 saturated heterocycles. The fourth-order valence-electron chi connectivity index (χ4n) is 1.07. The van der Waals surface area contributed by atoms with Crippen molar-refractivity contribution in [1.82, 2.24) is 0 Å². The van der Waals surface area contributed by atoms with E-state index in [2.05, 4.69) is 0 Å². The summed E-state index contributed by atoms with van der Waals surface area (Å²) in [5, 5.41) is 10.3. The van der Waals surface area contributed by atoms with Gasteiger partial charge in [-0.2, -0.15) is 0 Å². The summed E-state index contributed by atoms with van der Waals surface area (Å²) >= 11 is 13.1. The molecule has 90 valence electrons. The monoisotopic (exact) mass is 394 g/mol. The summed E-state index contributed by atoms with van der Waals surface area (Å²) in [4.78, 5) is 0. The average molecular weight is 395 g/mol. The largest absolute Gasteiger partial charge is 0.385 e. The standard InChI is InChI=1S/C9H9Cl2IO3S/c1-16(14,15)9(11,12)8(13)6-3-2-4-7(10)5-6/h2-5,8,13H,1H3/t8-,9+/m0/s1. The first kappa shape index (κ1) is 14.5. The van der Waals surface area contributed by atoms with Gasteiger partial charge in [0.2, 0.25) is 2.21 Å². The summed E-state index contributed by atoms with van der Waals surface area (Å²) < 4.78 is 21.0. The van der Waals surface area contributed by atoms with Crippen molar-refractivity contribution in [2.75, 3.05) is 6.26 Å². The first-order valence-corrected chi connectivity index (χ1v) is 7.90. The molecule has 1 N–H and O–H groups in total. The quantitative estimate of drug-likeness (QED) is 0.633. The highest BCUT2D eigenvalue weighted by Crippen LogP contribution is 2.42. The van der Waals surface area contributed by atoms with Gasteiger partial charge in [-0.1, -0.05) is 35.3 Å². The van der Waals surface area contributed by atoms with Crippen molar-refractivity contribution < 1.29 is 13.5 Å². The lowest BCUT2D eigenvalue weighted by Gasteiger charge is -2.24. The predicted molar refractivity (Wildman–Crippen MR) is 73.9 cm³/mol. The van der Waals surface area contributed by atoms with Crippen LogP contribution in [0.4, 0.5) is 0 Å². The highest BCUT2D eigenvalue weighted by molar-refractivity contribution is 14.1. The van der Waals surface area contributed by atoms with E-state index in [0.29, 0.717) is 10.6 Å². The van der Waals surface area contributed by atoms with Crippen LogP contribution in [0.3, 0.4) is 0 Å². The Labute approximate surface area is 118 Å². The maximum absolute atomic E-state index is 11.4. The van der Waals surface area contributed by atoms with Gasteiger partial charge in [-0.05, 0) is 40.3 Å². The molecule has 1 aromatic rings. The second kappa shape index (κ2) is 4.97. The second-order valence-electron chi connectivity index (χ2n) is 3.29. The summed E-state index contributed by atoms with van der Waals surface area (Å²) in [5.74, 6) is 0. The van der Waals surface area contributed by atoms with Crippen molar-refractivity contribution in [3.05, 3.63) is 34.9 Å². The van der Waals surface area contributed by atoms with Crippen LogP contribution >= 0.6 is 45.8 Å². The molecule has 0 radical (unpaired) electrons. The number of aliphatic hydroxyl groups is 1. The summed E-state index contributed by atoms with van der Waals surface area (Å²) in [5.41, 5.74) is 0.363. The van der Waals surface area contributed by atoms with Crippen molar-refractivity contribution in [1.29, 1.82) is 0 Å². The third-order valence-electron chi connectivity index (χ3n) is 1.98. The molecule has 0 aliphatic heterocycles. The van der Waals surface area contributed by atoms with Crippen LogP contribution in [-0.4, -0.2) is 22.0 Å². The Morgan fingerprint density at radius 2 is 2.06 bits per heavy atom. The number of hydrogen-bond acceptors (Lipinski definition) is 3. The molecule has 0 unspecified atom stereocenters. The normalized spacial score (nSPS) is 17.8. The number of aliphatic hydroxyl groups excluding tert-OH is 1. The molecule has 0 aliphatic rings. The Hall–Kier alpha value is 0.440. The number of hydrogen-bond donors (Lipinski definition) is 1. The molecule has 1 rings (SSSR count). The molecule has 7 heteroatoms. The summed E-state index contributed by atoms with van der Waals surface area (Å²) in [6.45, 7) is 0. The van der Waals surface area contributed by atoms with Gasteiger partial charge in [0, 0.05) is 11.3 Å². The molecule has 16 heavy (non-hydrogen) atoms. The fraction of sp³-hybridized carbons (Fsp3) is 0.333. The third kappa shape index (κ3) is 3.01. The number of rotatable bonds is 3. The van der Waals surface area contributed by atoms with E-state index in [9.17, 15) is 13.5 Å². The van der Waals surface area contributed by atoms with Crippen molar-refractivity contribution >= 4 is 55.6 Å². The third-order valence-corrected chi connectivity index (χ3v) is 7.46. The van der Waals surface area contributed by atoms with Crippen molar-refractivity contribution in [3.8, 4) is 0 Å². The van der Waals surface area contributed by atoms with Crippen LogP contribution in [0.2, 0.25) is 5.02 Å². The Bertz CT molecular complexity index is 487. The van der Waals surface area contributed by atoms with E-state index in [0.717, 1.165) is 6.26 Å². The highest BCUT2D eigenvalue weighted by atomic mass is 127. The van der Waals surface area contributed by atoms with E-state index in [1.54, 1.807) is 18.2 Å². The molecule has 0 spiro atoms. The Morgan fingerprint density at radius 1 is 1.50 bits per heavy atom. The minimum atomic E-state index is -3.60. The SMILES string of the molecule is CS(=O)(=O)[C@](Cl)(I)[C@@H](O)c1cccc(Cl)c1. The molecule has 0 aromatic heterocycles. The van der Waals surface area contributed by atoms with Gasteiger partial charge in [0.25, 0.3) is 0 Å². The zero-order valence-corrected chi connectivity index (χ0v) is 12.7. The van der Waals surface area contributed by atoms with Crippen molar-refractivity contribution in [3.63, 3.8) is 0 Å². The Morgan fingerprint density at radius 3 is 2.50 bits per heavy atom. The summed E-state index contributed by atoms with van der Waals surface area (Å²) in [7, 11) is -3.60. The van der Waals surface area contributed by atoms with E-state index >= 15 is 0 Å². The van der Waals surface area contributed by atoms with Crippen LogP contribution in [0, 0.1) is 0 Å². The van der Waals surface area contributed by atoms with Gasteiger partial charge >= 0.3 is 0 Å². The predicted octanol–water partition coefficient (Wildman–Crippen LogP) is 2.75. The van der Waals surface area contributed by atoms with Crippen molar-refractivity contribution in [2.45, 2.75) is 8.32 Å². The van der Waals surface area contributed by atoms with Gasteiger partial charge in [-0.25, -0.2) is 8.42 Å². The van der Waals surface area contributed by atoms with E-state index in [1.165, 1.54) is 28.7 Å². The van der Waals surface area contributed by atoms with Crippen molar-refractivity contribution in [2.24, 2.45) is 0 Å².